The maximum Gasteiger partial charge on any atom is 0.269 e. The molecule has 4 rings (SSSR count). The van der Waals surface area contributed by atoms with Crippen molar-refractivity contribution in [3.63, 3.8) is 0 Å². The first-order chi connectivity index (χ1) is 13.5. The van der Waals surface area contributed by atoms with Crippen molar-refractivity contribution in [3.05, 3.63) is 64.7 Å². The smallest absolute Gasteiger partial charge is 0.269 e. The van der Waals surface area contributed by atoms with Crippen molar-refractivity contribution in [2.75, 3.05) is 9.96 Å². The predicted octanol–water partition coefficient (Wildman–Crippen LogP) is 3.07. The lowest BCUT2D eigenvalue weighted by molar-refractivity contribution is -0.384. The summed E-state index contributed by atoms with van der Waals surface area (Å²) >= 11 is 0. The third-order valence-electron chi connectivity index (χ3n) is 5.15. The lowest BCUT2D eigenvalue weighted by atomic mass is 9.93. The molecule has 2 aliphatic rings. The Morgan fingerprint density at radius 3 is 2.29 bits per heavy atom. The van der Waals surface area contributed by atoms with Crippen molar-refractivity contribution < 1.29 is 19.3 Å². The topological polar surface area (TPSA) is 93.0 Å². The number of carbonyl (C=O) groups excluding carboxylic acids is 2. The van der Waals surface area contributed by atoms with E-state index in [1.165, 1.54) is 24.3 Å². The molecule has 2 aliphatic heterocycles. The van der Waals surface area contributed by atoms with Gasteiger partial charge in [0.05, 0.1) is 28.3 Å². The van der Waals surface area contributed by atoms with Gasteiger partial charge >= 0.3 is 0 Å². The van der Waals surface area contributed by atoms with E-state index in [1.54, 1.807) is 5.06 Å². The summed E-state index contributed by atoms with van der Waals surface area (Å²) in [6, 6.07) is 14.6. The van der Waals surface area contributed by atoms with Crippen LogP contribution in [-0.2, 0) is 14.4 Å². The molecule has 0 N–H and O–H groups in total. The lowest BCUT2D eigenvalue weighted by Crippen LogP contribution is -2.40. The van der Waals surface area contributed by atoms with E-state index in [9.17, 15) is 19.7 Å². The van der Waals surface area contributed by atoms with E-state index in [1.807, 2.05) is 37.3 Å². The van der Waals surface area contributed by atoms with Gasteiger partial charge in [0, 0.05) is 12.1 Å². The molecule has 3 atom stereocenters. The molecule has 8 heteroatoms. The normalized spacial score (nSPS) is 24.0. The summed E-state index contributed by atoms with van der Waals surface area (Å²) in [7, 11) is 0. The van der Waals surface area contributed by atoms with Gasteiger partial charge in [-0.2, -0.15) is 0 Å². The molecule has 144 valence electrons. The van der Waals surface area contributed by atoms with E-state index < -0.39 is 22.9 Å². The van der Waals surface area contributed by atoms with Gasteiger partial charge in [0.15, 0.2) is 6.10 Å². The molecule has 2 amide bonds. The Hall–Kier alpha value is -3.26. The van der Waals surface area contributed by atoms with Crippen molar-refractivity contribution in [3.8, 4) is 0 Å². The summed E-state index contributed by atoms with van der Waals surface area (Å²) in [6.07, 6.45) is 0.641. The fraction of sp³-hybridized carbons (Fsp3) is 0.300. The predicted molar refractivity (Wildman–Crippen MR) is 102 cm³/mol. The molecule has 2 heterocycles. The molecule has 0 aliphatic carbocycles. The van der Waals surface area contributed by atoms with Crippen LogP contribution in [0.1, 0.15) is 19.8 Å². The minimum absolute atomic E-state index is 0.0987. The summed E-state index contributed by atoms with van der Waals surface area (Å²) in [5.74, 6) is -1.38. The Kier molecular flexibility index (Phi) is 4.56. The quantitative estimate of drug-likeness (QED) is 0.449. The number of fused-ring (bicyclic) bond motifs is 1. The molecule has 2 aromatic rings. The van der Waals surface area contributed by atoms with E-state index in [4.69, 9.17) is 4.84 Å². The average Bonchev–Trinajstić information content (AvgIpc) is 3.19. The van der Waals surface area contributed by atoms with Crippen LogP contribution in [-0.4, -0.2) is 28.9 Å². The number of hydrogen-bond donors (Lipinski definition) is 0. The summed E-state index contributed by atoms with van der Waals surface area (Å²) in [6.45, 7) is 2.02. The fourth-order valence-corrected chi connectivity index (χ4v) is 3.89. The largest absolute Gasteiger partial charge is 0.273 e. The standard InChI is InChI=1S/C20H19N3O5/c1-2-6-16-17-18(28-22(16)14-7-4-3-5-8-14)20(25)21(19(17)24)13-9-11-15(12-10-13)23(26)27/h3-5,7-12,16-18H,2,6H2,1H3/t16-,17-,18+/m1/s1. The van der Waals surface area contributed by atoms with Crippen LogP contribution in [0.15, 0.2) is 54.6 Å². The summed E-state index contributed by atoms with van der Waals surface area (Å²) in [4.78, 5) is 43.5. The van der Waals surface area contributed by atoms with Gasteiger partial charge < -0.3 is 0 Å². The third kappa shape index (κ3) is 2.82. The Balaban J connectivity index is 1.65. The van der Waals surface area contributed by atoms with Crippen LogP contribution in [0, 0.1) is 16.0 Å². The van der Waals surface area contributed by atoms with Crippen molar-refractivity contribution in [1.82, 2.24) is 0 Å². The first-order valence-electron chi connectivity index (χ1n) is 9.16. The second-order valence-corrected chi connectivity index (χ2v) is 6.85. The Morgan fingerprint density at radius 1 is 1.00 bits per heavy atom. The number of hydrogen-bond acceptors (Lipinski definition) is 6. The van der Waals surface area contributed by atoms with E-state index in [-0.39, 0.29) is 17.6 Å². The number of imide groups is 1. The molecule has 0 aromatic heterocycles. The monoisotopic (exact) mass is 381 g/mol. The van der Waals surface area contributed by atoms with Crippen LogP contribution in [0.2, 0.25) is 0 Å². The Labute approximate surface area is 161 Å². The molecule has 2 aromatic carbocycles. The van der Waals surface area contributed by atoms with Crippen molar-refractivity contribution in [2.24, 2.45) is 5.92 Å². The van der Waals surface area contributed by atoms with E-state index in [0.717, 1.165) is 17.0 Å². The molecule has 0 bridgehead atoms. The van der Waals surface area contributed by atoms with Crippen LogP contribution in [0.3, 0.4) is 0 Å². The van der Waals surface area contributed by atoms with Gasteiger partial charge in [-0.15, -0.1) is 0 Å². The number of amides is 2. The highest BCUT2D eigenvalue weighted by molar-refractivity contribution is 6.23. The molecule has 8 nitrogen and oxygen atoms in total. The van der Waals surface area contributed by atoms with E-state index >= 15 is 0 Å². The van der Waals surface area contributed by atoms with E-state index in [0.29, 0.717) is 12.1 Å². The van der Waals surface area contributed by atoms with Gasteiger partial charge in [-0.1, -0.05) is 31.5 Å². The molecule has 0 spiro atoms. The number of carbonyl (C=O) groups is 2. The number of hydroxylamine groups is 1. The Morgan fingerprint density at radius 2 is 1.68 bits per heavy atom. The van der Waals surface area contributed by atoms with E-state index in [2.05, 4.69) is 0 Å². The first-order valence-corrected chi connectivity index (χ1v) is 9.16. The van der Waals surface area contributed by atoms with Gasteiger partial charge in [-0.05, 0) is 30.7 Å². The van der Waals surface area contributed by atoms with Gasteiger partial charge in [0.25, 0.3) is 11.6 Å². The first kappa shape index (κ1) is 18.1. The molecule has 0 radical (unpaired) electrons. The SMILES string of the molecule is CCC[C@@H]1[C@H]2C(=O)N(c3ccc([N+](=O)[O-])cc3)C(=O)[C@H]2ON1c1ccccc1. The van der Waals surface area contributed by atoms with Crippen LogP contribution in [0.4, 0.5) is 17.1 Å². The molecular weight excluding hydrogens is 362 g/mol. The molecule has 2 saturated heterocycles. The number of rotatable bonds is 5. The number of nitrogens with zero attached hydrogens (tertiary/aromatic N) is 3. The van der Waals surface area contributed by atoms with Gasteiger partial charge in [-0.3, -0.25) is 24.5 Å². The van der Waals surface area contributed by atoms with Crippen molar-refractivity contribution in [1.29, 1.82) is 0 Å². The summed E-state index contributed by atoms with van der Waals surface area (Å²) in [5.41, 5.74) is 1.02. The van der Waals surface area contributed by atoms with Crippen LogP contribution in [0.5, 0.6) is 0 Å². The second-order valence-electron chi connectivity index (χ2n) is 6.85. The van der Waals surface area contributed by atoms with Crippen molar-refractivity contribution in [2.45, 2.75) is 31.9 Å². The summed E-state index contributed by atoms with van der Waals surface area (Å²) in [5, 5.41) is 12.5. The minimum atomic E-state index is -0.889. The van der Waals surface area contributed by atoms with Crippen LogP contribution >= 0.6 is 0 Å². The number of nitro groups is 1. The lowest BCUT2D eigenvalue weighted by Gasteiger charge is -2.28. The number of non-ortho nitro benzene ring substituents is 1. The van der Waals surface area contributed by atoms with Gasteiger partial charge in [0.1, 0.15) is 0 Å². The van der Waals surface area contributed by atoms with Gasteiger partial charge in [0.2, 0.25) is 5.91 Å². The van der Waals surface area contributed by atoms with Gasteiger partial charge in [-0.25, -0.2) is 9.96 Å². The Bertz CT molecular complexity index is 915. The molecule has 0 unspecified atom stereocenters. The average molecular weight is 381 g/mol. The maximum atomic E-state index is 13.1. The van der Waals surface area contributed by atoms with Crippen LogP contribution < -0.4 is 9.96 Å². The zero-order chi connectivity index (χ0) is 19.8. The number of para-hydroxylation sites is 1. The fourth-order valence-electron chi connectivity index (χ4n) is 3.89. The highest BCUT2D eigenvalue weighted by Crippen LogP contribution is 2.41. The number of nitro benzene ring substituents is 1. The third-order valence-corrected chi connectivity index (χ3v) is 5.15. The molecular formula is C20H19N3O5. The highest BCUT2D eigenvalue weighted by atomic mass is 16.7. The molecule has 28 heavy (non-hydrogen) atoms. The zero-order valence-electron chi connectivity index (χ0n) is 15.2. The van der Waals surface area contributed by atoms with Crippen molar-refractivity contribution >= 4 is 28.9 Å². The molecule has 0 saturated carbocycles. The summed E-state index contributed by atoms with van der Waals surface area (Å²) < 4.78 is 0. The highest BCUT2D eigenvalue weighted by Gasteiger charge is 2.59. The molecule has 2 fully saturated rings. The zero-order valence-corrected chi connectivity index (χ0v) is 15.2. The maximum absolute atomic E-state index is 13.1. The number of anilines is 2. The number of benzene rings is 2. The second kappa shape index (κ2) is 7.05. The van der Waals surface area contributed by atoms with Crippen LogP contribution in [0.25, 0.3) is 0 Å². The minimum Gasteiger partial charge on any atom is -0.273 e.